The first-order valence-corrected chi connectivity index (χ1v) is 12.0. The highest BCUT2D eigenvalue weighted by Crippen LogP contribution is 2.25. The largest absolute Gasteiger partial charge is 0.340 e. The van der Waals surface area contributed by atoms with Crippen molar-refractivity contribution < 1.29 is 0 Å². The van der Waals surface area contributed by atoms with Crippen LogP contribution in [0.2, 0.25) is 0 Å². The molecule has 0 aromatic carbocycles. The van der Waals surface area contributed by atoms with Crippen molar-refractivity contribution in [2.45, 2.75) is 78.1 Å². The van der Waals surface area contributed by atoms with Crippen LogP contribution in [0.1, 0.15) is 78.1 Å². The first-order valence-electron chi connectivity index (χ1n) is 12.0. The third-order valence-electron chi connectivity index (χ3n) is 5.82. The molecule has 0 saturated heterocycles. The minimum absolute atomic E-state index is 0.786. The molecule has 2 fully saturated rings. The second-order valence-corrected chi connectivity index (χ2v) is 8.42. The Labute approximate surface area is 188 Å². The lowest BCUT2D eigenvalue weighted by atomic mass is 9.88. The van der Waals surface area contributed by atoms with E-state index in [2.05, 4.69) is 45.4 Å². The molecule has 0 N–H and O–H groups in total. The van der Waals surface area contributed by atoms with Crippen molar-refractivity contribution in [1.29, 1.82) is 0 Å². The van der Waals surface area contributed by atoms with Crippen molar-refractivity contribution in [3.05, 3.63) is 98.6 Å². The summed E-state index contributed by atoms with van der Waals surface area (Å²) >= 11 is 0. The summed E-state index contributed by atoms with van der Waals surface area (Å²) in [6.07, 6.45) is 39.0. The third kappa shape index (κ3) is 14.2. The Kier molecular flexibility index (Phi) is 15.7. The monoisotopic (exact) mass is 404 g/mol. The van der Waals surface area contributed by atoms with Crippen LogP contribution in [0.25, 0.3) is 0 Å². The first-order chi connectivity index (χ1) is 14.7. The SMILES string of the molecule is C=C1C=CC=C[CH-]1.CC=C1C=CC=C[CH-]1.C[CH-]C1CCCCC1.[CH2-]C1CCCCC1. The van der Waals surface area contributed by atoms with Gasteiger partial charge in [0.05, 0.1) is 0 Å². The van der Waals surface area contributed by atoms with Gasteiger partial charge in [-0.3, -0.25) is 0 Å². The maximum Gasteiger partial charge on any atom is -0.0535 e. The molecule has 0 aliphatic heterocycles. The molecule has 4 aliphatic carbocycles. The molecular weight excluding hydrogens is 360 g/mol. The van der Waals surface area contributed by atoms with Crippen molar-refractivity contribution in [2.24, 2.45) is 11.8 Å². The summed E-state index contributed by atoms with van der Waals surface area (Å²) in [6.45, 7) is 11.9. The van der Waals surface area contributed by atoms with Gasteiger partial charge in [0.15, 0.2) is 0 Å². The van der Waals surface area contributed by atoms with E-state index in [0.29, 0.717) is 0 Å². The minimum Gasteiger partial charge on any atom is -0.340 e. The van der Waals surface area contributed by atoms with E-state index in [1.165, 1.54) is 69.8 Å². The lowest BCUT2D eigenvalue weighted by Crippen LogP contribution is -2.04. The Morgan fingerprint density at radius 2 is 1.43 bits per heavy atom. The summed E-state index contributed by atoms with van der Waals surface area (Å²) in [6, 6.07) is 0. The molecule has 0 spiro atoms. The van der Waals surface area contributed by atoms with Crippen LogP contribution in [0.4, 0.5) is 0 Å². The molecule has 0 aromatic rings. The fraction of sp³-hybridized carbons (Fsp3) is 0.467. The lowest BCUT2D eigenvalue weighted by Gasteiger charge is -2.26. The average molecular weight is 405 g/mol. The zero-order valence-corrected chi connectivity index (χ0v) is 19.6. The van der Waals surface area contributed by atoms with Gasteiger partial charge >= 0.3 is 0 Å². The quantitative estimate of drug-likeness (QED) is 0.382. The fourth-order valence-electron chi connectivity index (χ4n) is 3.78. The van der Waals surface area contributed by atoms with Gasteiger partial charge in [-0.05, 0) is 0 Å². The van der Waals surface area contributed by atoms with Crippen LogP contribution in [0.3, 0.4) is 0 Å². The highest BCUT2D eigenvalue weighted by molar-refractivity contribution is 5.38. The van der Waals surface area contributed by atoms with Crippen LogP contribution in [0, 0.1) is 38.0 Å². The van der Waals surface area contributed by atoms with E-state index in [4.69, 9.17) is 0 Å². The number of rotatable bonds is 1. The normalized spacial score (nSPS) is 21.8. The molecule has 168 valence electrons. The van der Waals surface area contributed by atoms with Crippen LogP contribution >= 0.6 is 0 Å². The highest BCUT2D eigenvalue weighted by Gasteiger charge is 2.03. The summed E-state index contributed by atoms with van der Waals surface area (Å²) in [4.78, 5) is 0. The number of hydrogen-bond donors (Lipinski definition) is 0. The predicted molar refractivity (Wildman–Crippen MR) is 137 cm³/mol. The standard InChI is InChI=1S/C8H15.C8H9.C7H13.C7H7/c2*1-2-8-6-4-3-5-7-8;2*1-7-5-3-2-4-6-7/h2,8H,3-7H2,1H3;2-7H,1H3;7H,1-6H2;2-6H,1H2/q4*-1. The van der Waals surface area contributed by atoms with Gasteiger partial charge in [0.1, 0.15) is 0 Å². The molecule has 0 atom stereocenters. The minimum atomic E-state index is 0.786. The molecule has 0 bridgehead atoms. The number of allylic oxidation sites excluding steroid dienone is 11. The maximum absolute atomic E-state index is 4.00. The summed E-state index contributed by atoms with van der Waals surface area (Å²) < 4.78 is 0. The number of hydrogen-bond acceptors (Lipinski definition) is 0. The van der Waals surface area contributed by atoms with Gasteiger partial charge < -0.3 is 13.3 Å². The third-order valence-corrected chi connectivity index (χ3v) is 5.82. The van der Waals surface area contributed by atoms with E-state index in [1.807, 2.05) is 55.9 Å². The van der Waals surface area contributed by atoms with Crippen molar-refractivity contribution in [1.82, 2.24) is 0 Å². The molecule has 2 saturated carbocycles. The van der Waals surface area contributed by atoms with Gasteiger partial charge in [-0.2, -0.15) is 42.6 Å². The van der Waals surface area contributed by atoms with Gasteiger partial charge in [-0.25, -0.2) is 0 Å². The lowest BCUT2D eigenvalue weighted by molar-refractivity contribution is 0.399. The van der Waals surface area contributed by atoms with E-state index < -0.39 is 0 Å². The highest BCUT2D eigenvalue weighted by atomic mass is 14.2. The Morgan fingerprint density at radius 3 is 1.70 bits per heavy atom. The van der Waals surface area contributed by atoms with Crippen molar-refractivity contribution >= 4 is 0 Å². The van der Waals surface area contributed by atoms with Crippen LogP contribution in [-0.4, -0.2) is 0 Å². The van der Waals surface area contributed by atoms with E-state index in [1.54, 1.807) is 0 Å². The van der Waals surface area contributed by atoms with Crippen LogP contribution in [0.15, 0.2) is 72.4 Å². The van der Waals surface area contributed by atoms with Crippen LogP contribution in [0.5, 0.6) is 0 Å². The second kappa shape index (κ2) is 18.0. The zero-order valence-electron chi connectivity index (χ0n) is 19.6. The van der Waals surface area contributed by atoms with Crippen LogP contribution < -0.4 is 0 Å². The van der Waals surface area contributed by atoms with Crippen molar-refractivity contribution in [3.63, 3.8) is 0 Å². The second-order valence-electron chi connectivity index (χ2n) is 8.42. The maximum atomic E-state index is 4.00. The molecule has 4 aliphatic rings. The predicted octanol–water partition coefficient (Wildman–Crippen LogP) is 9.33. The van der Waals surface area contributed by atoms with Gasteiger partial charge in [0.2, 0.25) is 0 Å². The summed E-state index contributed by atoms with van der Waals surface area (Å²) in [5.74, 6) is 1.75. The molecule has 0 heteroatoms. The van der Waals surface area contributed by atoms with Crippen LogP contribution in [-0.2, 0) is 0 Å². The Morgan fingerprint density at radius 1 is 0.867 bits per heavy atom. The summed E-state index contributed by atoms with van der Waals surface area (Å²) in [7, 11) is 0. The fourth-order valence-corrected chi connectivity index (χ4v) is 3.78. The molecule has 0 amide bonds. The van der Waals surface area contributed by atoms with Crippen molar-refractivity contribution in [2.75, 3.05) is 0 Å². The van der Waals surface area contributed by atoms with Gasteiger partial charge in [0.25, 0.3) is 0 Å². The van der Waals surface area contributed by atoms with E-state index in [9.17, 15) is 0 Å². The molecule has 0 radical (unpaired) electrons. The molecule has 30 heavy (non-hydrogen) atoms. The molecular formula is C30H44-4. The van der Waals surface area contributed by atoms with E-state index >= 15 is 0 Å². The average Bonchev–Trinajstić information content (AvgIpc) is 2.82. The Balaban J connectivity index is 0.000000200. The van der Waals surface area contributed by atoms with Gasteiger partial charge in [0, 0.05) is 0 Å². The Hall–Kier alpha value is -1.82. The van der Waals surface area contributed by atoms with E-state index in [-0.39, 0.29) is 0 Å². The molecule has 0 heterocycles. The van der Waals surface area contributed by atoms with Gasteiger partial charge in [-0.15, -0.1) is 61.4 Å². The summed E-state index contributed by atoms with van der Waals surface area (Å²) in [5, 5.41) is 0. The molecule has 0 aromatic heterocycles. The smallest absolute Gasteiger partial charge is 0.0535 e. The topological polar surface area (TPSA) is 0 Å². The zero-order chi connectivity index (χ0) is 21.9. The van der Waals surface area contributed by atoms with Crippen molar-refractivity contribution in [3.8, 4) is 0 Å². The van der Waals surface area contributed by atoms with E-state index in [0.717, 1.165) is 17.4 Å². The summed E-state index contributed by atoms with van der Waals surface area (Å²) in [5.41, 5.74) is 2.36. The first kappa shape index (κ1) is 26.2. The molecule has 0 unspecified atom stereocenters. The molecule has 0 nitrogen and oxygen atoms in total. The van der Waals surface area contributed by atoms with Gasteiger partial charge in [-0.1, -0.05) is 71.1 Å². The Bertz CT molecular complexity index is 569. The molecule has 4 rings (SSSR count).